The molecular formula is C12H16NO. The summed E-state index contributed by atoms with van der Waals surface area (Å²) in [6.45, 7) is 6.62. The van der Waals surface area contributed by atoms with E-state index in [0.29, 0.717) is 5.56 Å². The maximum atomic E-state index is 11.5. The number of rotatable bonds is 4. The van der Waals surface area contributed by atoms with Crippen LogP contribution in [0.2, 0.25) is 0 Å². The Labute approximate surface area is 85.3 Å². The van der Waals surface area contributed by atoms with Gasteiger partial charge in [0.1, 0.15) is 0 Å². The Hall–Kier alpha value is -1.31. The second-order valence-corrected chi connectivity index (χ2v) is 3.31. The van der Waals surface area contributed by atoms with Crippen molar-refractivity contribution in [2.45, 2.75) is 19.8 Å². The zero-order chi connectivity index (χ0) is 10.4. The monoisotopic (exact) mass is 190 g/mol. The van der Waals surface area contributed by atoms with E-state index in [4.69, 9.17) is 0 Å². The molecule has 1 aromatic carbocycles. The van der Waals surface area contributed by atoms with E-state index in [1.54, 1.807) is 12.1 Å². The van der Waals surface area contributed by atoms with Crippen LogP contribution in [0.15, 0.2) is 24.3 Å². The Morgan fingerprint density at radius 3 is 2.57 bits per heavy atom. The Bertz CT molecular complexity index is 290. The van der Waals surface area contributed by atoms with Crippen molar-refractivity contribution in [3.63, 3.8) is 0 Å². The minimum atomic E-state index is -0.00144. The summed E-state index contributed by atoms with van der Waals surface area (Å²) in [4.78, 5) is 11.5. The van der Waals surface area contributed by atoms with E-state index in [2.05, 4.69) is 19.2 Å². The molecule has 0 aliphatic carbocycles. The van der Waals surface area contributed by atoms with Gasteiger partial charge in [0, 0.05) is 12.1 Å². The quantitative estimate of drug-likeness (QED) is 0.726. The molecule has 0 spiro atoms. The van der Waals surface area contributed by atoms with Gasteiger partial charge in [-0.2, -0.15) is 0 Å². The summed E-state index contributed by atoms with van der Waals surface area (Å²) in [5, 5.41) is 2.86. The Morgan fingerprint density at radius 1 is 1.36 bits per heavy atom. The highest BCUT2D eigenvalue weighted by atomic mass is 16.1. The van der Waals surface area contributed by atoms with Gasteiger partial charge in [0.05, 0.1) is 0 Å². The highest BCUT2D eigenvalue weighted by Crippen LogP contribution is 2.02. The van der Waals surface area contributed by atoms with Crippen LogP contribution >= 0.6 is 0 Å². The summed E-state index contributed by atoms with van der Waals surface area (Å²) in [5.41, 5.74) is 1.63. The van der Waals surface area contributed by atoms with Gasteiger partial charge in [-0.25, -0.2) is 0 Å². The number of hydrogen-bond acceptors (Lipinski definition) is 1. The van der Waals surface area contributed by atoms with E-state index in [1.807, 2.05) is 12.1 Å². The van der Waals surface area contributed by atoms with Gasteiger partial charge in [-0.3, -0.25) is 4.79 Å². The molecule has 0 atom stereocenters. The van der Waals surface area contributed by atoms with Crippen LogP contribution in [0.5, 0.6) is 0 Å². The second-order valence-electron chi connectivity index (χ2n) is 3.31. The molecule has 0 aromatic heterocycles. The van der Waals surface area contributed by atoms with Crippen molar-refractivity contribution >= 4 is 5.91 Å². The molecule has 2 heteroatoms. The summed E-state index contributed by atoms with van der Waals surface area (Å²) < 4.78 is 0. The third-order valence-corrected chi connectivity index (χ3v) is 2.03. The molecule has 0 saturated carbocycles. The summed E-state index contributed by atoms with van der Waals surface area (Å²) in [7, 11) is 0. The zero-order valence-corrected chi connectivity index (χ0v) is 8.55. The highest BCUT2D eigenvalue weighted by molar-refractivity contribution is 5.94. The Kier molecular flexibility index (Phi) is 4.17. The van der Waals surface area contributed by atoms with Crippen LogP contribution in [-0.4, -0.2) is 12.5 Å². The molecule has 1 amide bonds. The minimum Gasteiger partial charge on any atom is -0.352 e. The fraction of sp³-hybridized carbons (Fsp3) is 0.333. The van der Waals surface area contributed by atoms with Gasteiger partial charge in [0.25, 0.3) is 5.91 Å². The average molecular weight is 190 g/mol. The Morgan fingerprint density at radius 2 is 2.00 bits per heavy atom. The molecule has 0 fully saturated rings. The summed E-state index contributed by atoms with van der Waals surface area (Å²) in [6, 6.07) is 7.27. The van der Waals surface area contributed by atoms with E-state index >= 15 is 0 Å². The molecule has 1 N–H and O–H groups in total. The van der Waals surface area contributed by atoms with Gasteiger partial charge in [-0.05, 0) is 31.0 Å². The fourth-order valence-corrected chi connectivity index (χ4v) is 1.14. The van der Waals surface area contributed by atoms with E-state index in [9.17, 15) is 4.79 Å². The molecule has 0 aliphatic rings. The number of hydrogen-bond donors (Lipinski definition) is 1. The number of amides is 1. The first kappa shape index (κ1) is 10.8. The summed E-state index contributed by atoms with van der Waals surface area (Å²) in [5.74, 6) is -0.00144. The van der Waals surface area contributed by atoms with Gasteiger partial charge < -0.3 is 5.32 Å². The van der Waals surface area contributed by atoms with E-state index < -0.39 is 0 Å². The maximum Gasteiger partial charge on any atom is 0.251 e. The largest absolute Gasteiger partial charge is 0.352 e. The van der Waals surface area contributed by atoms with Crippen molar-refractivity contribution in [1.82, 2.24) is 5.32 Å². The lowest BCUT2D eigenvalue weighted by atomic mass is 10.1. The van der Waals surface area contributed by atoms with Crippen molar-refractivity contribution in [2.75, 3.05) is 6.54 Å². The molecule has 2 nitrogen and oxygen atoms in total. The van der Waals surface area contributed by atoms with Crippen LogP contribution in [0.1, 0.15) is 35.7 Å². The first-order valence-corrected chi connectivity index (χ1v) is 4.94. The van der Waals surface area contributed by atoms with Gasteiger partial charge in [-0.1, -0.05) is 25.5 Å². The molecule has 0 bridgehead atoms. The molecule has 0 saturated heterocycles. The smallest absolute Gasteiger partial charge is 0.251 e. The van der Waals surface area contributed by atoms with Gasteiger partial charge in [-0.15, -0.1) is 0 Å². The minimum absolute atomic E-state index is 0.00144. The van der Waals surface area contributed by atoms with Crippen LogP contribution in [0.4, 0.5) is 0 Å². The Balaban J connectivity index is 2.48. The molecule has 1 aromatic rings. The predicted octanol–water partition coefficient (Wildman–Crippen LogP) is 2.40. The summed E-state index contributed by atoms with van der Waals surface area (Å²) in [6.07, 6.45) is 2.12. The molecular weight excluding hydrogens is 174 g/mol. The predicted molar refractivity (Wildman–Crippen MR) is 58.1 cm³/mol. The van der Waals surface area contributed by atoms with E-state index in [1.165, 1.54) is 0 Å². The molecule has 75 valence electrons. The van der Waals surface area contributed by atoms with Crippen LogP contribution in [0, 0.1) is 6.92 Å². The van der Waals surface area contributed by atoms with Crippen LogP contribution in [-0.2, 0) is 0 Å². The van der Waals surface area contributed by atoms with E-state index in [-0.39, 0.29) is 5.91 Å². The van der Waals surface area contributed by atoms with Crippen molar-refractivity contribution in [3.8, 4) is 0 Å². The topological polar surface area (TPSA) is 29.1 Å². The van der Waals surface area contributed by atoms with Gasteiger partial charge >= 0.3 is 0 Å². The number of benzene rings is 1. The average Bonchev–Trinajstić information content (AvgIpc) is 2.19. The molecule has 0 aliphatic heterocycles. The second kappa shape index (κ2) is 5.43. The first-order chi connectivity index (χ1) is 6.74. The van der Waals surface area contributed by atoms with Crippen molar-refractivity contribution in [1.29, 1.82) is 0 Å². The SMILES string of the molecule is [CH2]c1ccc(C(=O)NCCCC)cc1. The van der Waals surface area contributed by atoms with Crippen molar-refractivity contribution in [2.24, 2.45) is 0 Å². The normalized spacial score (nSPS) is 9.86. The van der Waals surface area contributed by atoms with Crippen molar-refractivity contribution in [3.05, 3.63) is 42.3 Å². The van der Waals surface area contributed by atoms with Crippen LogP contribution < -0.4 is 5.32 Å². The zero-order valence-electron chi connectivity index (χ0n) is 8.55. The number of unbranched alkanes of at least 4 members (excludes halogenated alkanes) is 1. The van der Waals surface area contributed by atoms with Crippen molar-refractivity contribution < 1.29 is 4.79 Å². The van der Waals surface area contributed by atoms with Gasteiger partial charge in [0.2, 0.25) is 0 Å². The van der Waals surface area contributed by atoms with Gasteiger partial charge in [0.15, 0.2) is 0 Å². The summed E-state index contributed by atoms with van der Waals surface area (Å²) >= 11 is 0. The highest BCUT2D eigenvalue weighted by Gasteiger charge is 2.02. The lowest BCUT2D eigenvalue weighted by Crippen LogP contribution is -2.24. The standard InChI is InChI=1S/C12H16NO/c1-3-4-9-13-12(14)11-7-5-10(2)6-8-11/h5-8H,2-4,9H2,1H3,(H,13,14). The first-order valence-electron chi connectivity index (χ1n) is 4.94. The number of nitrogens with one attached hydrogen (secondary N) is 1. The maximum absolute atomic E-state index is 11.5. The third kappa shape index (κ3) is 3.21. The number of carbonyl (C=O) groups excluding carboxylic acids is 1. The third-order valence-electron chi connectivity index (χ3n) is 2.03. The van der Waals surface area contributed by atoms with Crippen LogP contribution in [0.25, 0.3) is 0 Å². The molecule has 0 unspecified atom stereocenters. The van der Waals surface area contributed by atoms with Crippen LogP contribution in [0.3, 0.4) is 0 Å². The van der Waals surface area contributed by atoms with E-state index in [0.717, 1.165) is 24.9 Å². The molecule has 1 radical (unpaired) electrons. The number of carbonyl (C=O) groups is 1. The lowest BCUT2D eigenvalue weighted by Gasteiger charge is -2.03. The molecule has 0 heterocycles. The lowest BCUT2D eigenvalue weighted by molar-refractivity contribution is 0.0953. The molecule has 14 heavy (non-hydrogen) atoms. The fourth-order valence-electron chi connectivity index (χ4n) is 1.14. The molecule has 1 rings (SSSR count).